The maximum Gasteiger partial charge on any atom is 0.251 e. The number of aromatic nitrogens is 4. The van der Waals surface area contributed by atoms with Gasteiger partial charge in [-0.15, -0.1) is 0 Å². The topological polar surface area (TPSA) is 90.4 Å². The number of aryl methyl sites for hydroxylation is 1. The predicted molar refractivity (Wildman–Crippen MR) is 95.5 cm³/mol. The van der Waals surface area contributed by atoms with Gasteiger partial charge in [-0.25, -0.2) is 12.8 Å². The first-order chi connectivity index (χ1) is 12.8. The second kappa shape index (κ2) is 6.27. The van der Waals surface area contributed by atoms with Gasteiger partial charge in [0.15, 0.2) is 11.4 Å². The fourth-order valence-corrected chi connectivity index (χ4v) is 3.24. The molecule has 0 N–H and O–H groups in total. The van der Waals surface area contributed by atoms with Crippen molar-refractivity contribution in [1.82, 2.24) is 19.6 Å². The summed E-state index contributed by atoms with van der Waals surface area (Å²) >= 11 is 0. The maximum absolute atomic E-state index is 13.1. The number of furan rings is 1. The fraction of sp³-hybridized carbons (Fsp3) is 0.167. The summed E-state index contributed by atoms with van der Waals surface area (Å²) in [5.41, 5.74) is 1.90. The van der Waals surface area contributed by atoms with Crippen LogP contribution in [0, 0.1) is 12.7 Å². The van der Waals surface area contributed by atoms with E-state index in [1.165, 1.54) is 16.6 Å². The molecular formula is C18H15FN4O3S. The van der Waals surface area contributed by atoms with E-state index in [4.69, 9.17) is 4.42 Å². The molecule has 9 heteroatoms. The number of fused-ring (bicyclic) bond motifs is 1. The van der Waals surface area contributed by atoms with E-state index in [0.717, 1.165) is 11.8 Å². The molecule has 0 amide bonds. The monoisotopic (exact) mass is 386 g/mol. The Morgan fingerprint density at radius 1 is 1.11 bits per heavy atom. The highest BCUT2D eigenvalue weighted by molar-refractivity contribution is 7.90. The van der Waals surface area contributed by atoms with Crippen molar-refractivity contribution in [2.45, 2.75) is 18.5 Å². The Kier molecular flexibility index (Phi) is 4.03. The molecule has 138 valence electrons. The first kappa shape index (κ1) is 17.3. The molecule has 0 saturated heterocycles. The Balaban J connectivity index is 1.91. The zero-order chi connectivity index (χ0) is 19.2. The summed E-state index contributed by atoms with van der Waals surface area (Å²) in [5.74, 6) is 0.979. The minimum Gasteiger partial charge on any atom is -0.458 e. The lowest BCUT2D eigenvalue weighted by molar-refractivity contribution is 0.539. The molecule has 3 aromatic heterocycles. The van der Waals surface area contributed by atoms with E-state index in [1.807, 2.05) is 0 Å². The van der Waals surface area contributed by atoms with Crippen LogP contribution in [0.3, 0.4) is 0 Å². The average Bonchev–Trinajstić information content (AvgIpc) is 3.22. The van der Waals surface area contributed by atoms with Gasteiger partial charge in [0.05, 0.1) is 6.20 Å². The van der Waals surface area contributed by atoms with Gasteiger partial charge < -0.3 is 4.42 Å². The third kappa shape index (κ3) is 3.33. The van der Waals surface area contributed by atoms with Gasteiger partial charge in [0, 0.05) is 18.2 Å². The van der Waals surface area contributed by atoms with Crippen molar-refractivity contribution in [1.29, 1.82) is 0 Å². The third-order valence-corrected chi connectivity index (χ3v) is 4.87. The number of hydrogen-bond donors (Lipinski definition) is 0. The van der Waals surface area contributed by atoms with Crippen molar-refractivity contribution in [3.63, 3.8) is 0 Å². The molecule has 0 saturated carbocycles. The Morgan fingerprint density at radius 2 is 1.85 bits per heavy atom. The number of nitrogens with zero attached hydrogens (tertiary/aromatic N) is 4. The molecule has 4 aromatic rings. The Labute approximate surface area is 154 Å². The molecule has 0 radical (unpaired) electrons. The molecule has 4 rings (SSSR count). The van der Waals surface area contributed by atoms with Crippen molar-refractivity contribution in [3.05, 3.63) is 65.3 Å². The normalized spacial score (nSPS) is 12.0. The molecule has 0 fully saturated rings. The van der Waals surface area contributed by atoms with Gasteiger partial charge in [0.2, 0.25) is 15.7 Å². The summed E-state index contributed by atoms with van der Waals surface area (Å²) < 4.78 is 44.3. The smallest absolute Gasteiger partial charge is 0.251 e. The molecule has 3 heterocycles. The van der Waals surface area contributed by atoms with Gasteiger partial charge in [-0.1, -0.05) is 12.1 Å². The summed E-state index contributed by atoms with van der Waals surface area (Å²) in [6.07, 6.45) is 3.06. The zero-order valence-electron chi connectivity index (χ0n) is 14.5. The number of hydrogen-bond acceptors (Lipinski definition) is 6. The maximum atomic E-state index is 13.1. The van der Waals surface area contributed by atoms with Gasteiger partial charge in [-0.2, -0.15) is 19.6 Å². The van der Waals surface area contributed by atoms with Crippen LogP contribution in [0.1, 0.15) is 16.9 Å². The summed E-state index contributed by atoms with van der Waals surface area (Å²) in [6.45, 7) is 1.78. The minimum absolute atomic E-state index is 0.249. The first-order valence-electron chi connectivity index (χ1n) is 8.07. The number of benzene rings is 1. The molecular weight excluding hydrogens is 371 g/mol. The van der Waals surface area contributed by atoms with E-state index in [1.54, 1.807) is 37.4 Å². The highest BCUT2D eigenvalue weighted by atomic mass is 32.2. The van der Waals surface area contributed by atoms with Crippen molar-refractivity contribution >= 4 is 15.5 Å². The standard InChI is InChI=1S/C18H15FN4O3S/c1-11-3-8-15(26-11)17-22-18(27(2,24)25)21-16-13(10-20-23(16)17)9-12-4-6-14(19)7-5-12/h3-8,10H,9H2,1-2H3. The van der Waals surface area contributed by atoms with Gasteiger partial charge in [-0.05, 0) is 36.8 Å². The number of halogens is 1. The molecule has 0 spiro atoms. The Morgan fingerprint density at radius 3 is 2.48 bits per heavy atom. The molecule has 1 aromatic carbocycles. The molecule has 0 bridgehead atoms. The van der Waals surface area contributed by atoms with Crippen LogP contribution in [0.5, 0.6) is 0 Å². The van der Waals surface area contributed by atoms with Gasteiger partial charge in [0.1, 0.15) is 11.6 Å². The first-order valence-corrected chi connectivity index (χ1v) is 9.96. The number of rotatable bonds is 4. The van der Waals surface area contributed by atoms with Gasteiger partial charge in [-0.3, -0.25) is 0 Å². The third-order valence-electron chi connectivity index (χ3n) is 4.02. The summed E-state index contributed by atoms with van der Waals surface area (Å²) in [7, 11) is -3.65. The van der Waals surface area contributed by atoms with Gasteiger partial charge >= 0.3 is 0 Å². The van der Waals surface area contributed by atoms with E-state index in [9.17, 15) is 12.8 Å². The Bertz CT molecular complexity index is 1240. The van der Waals surface area contributed by atoms with Gasteiger partial charge in [0.25, 0.3) is 5.16 Å². The molecule has 0 aliphatic heterocycles. The molecule has 0 aliphatic rings. The largest absolute Gasteiger partial charge is 0.458 e. The minimum atomic E-state index is -3.65. The molecule has 7 nitrogen and oxygen atoms in total. The molecule has 0 atom stereocenters. The lowest BCUT2D eigenvalue weighted by Gasteiger charge is -2.05. The second-order valence-corrected chi connectivity index (χ2v) is 8.13. The van der Waals surface area contributed by atoms with Crippen molar-refractivity contribution in [2.75, 3.05) is 6.26 Å². The van der Waals surface area contributed by atoms with Crippen molar-refractivity contribution in [3.8, 4) is 11.6 Å². The van der Waals surface area contributed by atoms with Crippen molar-refractivity contribution in [2.24, 2.45) is 0 Å². The van der Waals surface area contributed by atoms with E-state index in [0.29, 0.717) is 29.2 Å². The molecule has 27 heavy (non-hydrogen) atoms. The summed E-state index contributed by atoms with van der Waals surface area (Å²) in [5, 5.41) is 4.00. The predicted octanol–water partition coefficient (Wildman–Crippen LogP) is 2.83. The van der Waals surface area contributed by atoms with Crippen molar-refractivity contribution < 1.29 is 17.2 Å². The summed E-state index contributed by atoms with van der Waals surface area (Å²) in [4.78, 5) is 8.34. The van der Waals surface area contributed by atoms with E-state index >= 15 is 0 Å². The van der Waals surface area contributed by atoms with Crippen LogP contribution < -0.4 is 0 Å². The lowest BCUT2D eigenvalue weighted by Crippen LogP contribution is -2.10. The molecule has 0 aliphatic carbocycles. The fourth-order valence-electron chi connectivity index (χ4n) is 2.73. The highest BCUT2D eigenvalue weighted by Crippen LogP contribution is 2.24. The highest BCUT2D eigenvalue weighted by Gasteiger charge is 2.21. The van der Waals surface area contributed by atoms with E-state index in [2.05, 4.69) is 15.1 Å². The van der Waals surface area contributed by atoms with Crippen LogP contribution >= 0.6 is 0 Å². The second-order valence-electron chi connectivity index (χ2n) is 6.22. The van der Waals surface area contributed by atoms with Crippen LogP contribution in [0.15, 0.2) is 52.2 Å². The SMILES string of the molecule is Cc1ccc(-c2nc(S(C)(=O)=O)nc3c(Cc4ccc(F)cc4)cnn23)o1. The Hall–Kier alpha value is -3.07. The molecule has 0 unspecified atom stereocenters. The van der Waals surface area contributed by atoms with Crippen LogP contribution in [-0.4, -0.2) is 34.3 Å². The lowest BCUT2D eigenvalue weighted by atomic mass is 10.1. The van der Waals surface area contributed by atoms with E-state index in [-0.39, 0.29) is 16.8 Å². The van der Waals surface area contributed by atoms with Crippen LogP contribution in [0.4, 0.5) is 4.39 Å². The van der Waals surface area contributed by atoms with Crippen LogP contribution in [-0.2, 0) is 16.3 Å². The van der Waals surface area contributed by atoms with Crippen LogP contribution in [0.25, 0.3) is 17.2 Å². The summed E-state index contributed by atoms with van der Waals surface area (Å²) in [6, 6.07) is 9.52. The number of sulfone groups is 1. The average molecular weight is 386 g/mol. The van der Waals surface area contributed by atoms with E-state index < -0.39 is 9.84 Å². The quantitative estimate of drug-likeness (QED) is 0.536. The zero-order valence-corrected chi connectivity index (χ0v) is 15.4. The van der Waals surface area contributed by atoms with Crippen LogP contribution in [0.2, 0.25) is 0 Å².